The monoisotopic (exact) mass is 555 g/mol. The van der Waals surface area contributed by atoms with E-state index in [9.17, 15) is 18.7 Å². The Labute approximate surface area is 230 Å². The SMILES string of the molecule is O=C(O)c1c(-c2ccc(Cl)cc2F)cc2c(c1F)CCCC=C2c1ccc(O[C@H]2CCN(CCCF)C2)cc1. The zero-order chi connectivity index (χ0) is 27.5. The lowest BCUT2D eigenvalue weighted by Crippen LogP contribution is -2.26. The van der Waals surface area contributed by atoms with Crippen LogP contribution in [0.1, 0.15) is 52.7 Å². The molecule has 0 spiro atoms. The number of carbonyl (C=O) groups is 1. The first-order valence-electron chi connectivity index (χ1n) is 13.2. The van der Waals surface area contributed by atoms with Gasteiger partial charge in [0.25, 0.3) is 0 Å². The number of carboxylic acid groups (broad SMARTS) is 1. The van der Waals surface area contributed by atoms with Gasteiger partial charge in [0.2, 0.25) is 0 Å². The van der Waals surface area contributed by atoms with E-state index in [-0.39, 0.29) is 28.9 Å². The van der Waals surface area contributed by atoms with Gasteiger partial charge in [-0.1, -0.05) is 29.8 Å². The van der Waals surface area contributed by atoms with Crippen molar-refractivity contribution in [2.75, 3.05) is 26.3 Å². The van der Waals surface area contributed by atoms with Crippen molar-refractivity contribution in [1.29, 1.82) is 0 Å². The van der Waals surface area contributed by atoms with E-state index >= 15 is 4.39 Å². The number of ether oxygens (including phenoxy) is 1. The Kier molecular flexibility index (Phi) is 8.29. The third kappa shape index (κ3) is 5.85. The molecule has 0 aromatic heterocycles. The molecular weight excluding hydrogens is 527 g/mol. The third-order valence-electron chi connectivity index (χ3n) is 7.38. The molecule has 1 saturated heterocycles. The molecule has 39 heavy (non-hydrogen) atoms. The predicted octanol–water partition coefficient (Wildman–Crippen LogP) is 7.56. The maximum absolute atomic E-state index is 15.8. The number of hydrogen-bond acceptors (Lipinski definition) is 3. The largest absolute Gasteiger partial charge is 0.489 e. The fourth-order valence-corrected chi connectivity index (χ4v) is 5.66. The van der Waals surface area contributed by atoms with Crippen LogP contribution in [0.4, 0.5) is 13.2 Å². The molecule has 1 N–H and O–H groups in total. The second-order valence-corrected chi connectivity index (χ2v) is 10.4. The lowest BCUT2D eigenvalue weighted by Gasteiger charge is -2.19. The van der Waals surface area contributed by atoms with Crippen molar-refractivity contribution < 1.29 is 27.8 Å². The van der Waals surface area contributed by atoms with Gasteiger partial charge in [0.05, 0.1) is 6.67 Å². The number of carboxylic acids is 1. The summed E-state index contributed by atoms with van der Waals surface area (Å²) < 4.78 is 49.4. The second-order valence-electron chi connectivity index (χ2n) is 9.97. The van der Waals surface area contributed by atoms with Crippen LogP contribution in [0.25, 0.3) is 16.7 Å². The highest BCUT2D eigenvalue weighted by Gasteiger charge is 2.28. The van der Waals surface area contributed by atoms with E-state index in [1.54, 1.807) is 6.07 Å². The Bertz CT molecular complexity index is 1410. The molecule has 204 valence electrons. The molecule has 0 saturated carbocycles. The fourth-order valence-electron chi connectivity index (χ4n) is 5.50. The first kappa shape index (κ1) is 27.3. The third-order valence-corrected chi connectivity index (χ3v) is 7.61. The Morgan fingerprint density at radius 2 is 1.87 bits per heavy atom. The Balaban J connectivity index is 1.48. The smallest absolute Gasteiger partial charge is 0.339 e. The van der Waals surface area contributed by atoms with Gasteiger partial charge in [-0.05, 0) is 90.8 Å². The summed E-state index contributed by atoms with van der Waals surface area (Å²) in [5.41, 5.74) is 1.85. The number of alkyl halides is 1. The average molecular weight is 556 g/mol. The molecule has 1 heterocycles. The van der Waals surface area contributed by atoms with Gasteiger partial charge in [-0.15, -0.1) is 0 Å². The lowest BCUT2D eigenvalue weighted by atomic mass is 9.87. The molecule has 0 bridgehead atoms. The lowest BCUT2D eigenvalue weighted by molar-refractivity contribution is 0.0692. The van der Waals surface area contributed by atoms with Gasteiger partial charge in [-0.2, -0.15) is 0 Å². The van der Waals surface area contributed by atoms with Crippen molar-refractivity contribution in [3.8, 4) is 16.9 Å². The minimum absolute atomic E-state index is 0.0250. The standard InChI is InChI=1S/C31H29ClF3NO3/c32-20-8-11-24(28(34)16-20)27-17-26-23(4-1-2-5-25(26)30(35)29(27)31(37)38)19-6-9-21(10-7-19)39-22-12-15-36(18-22)14-3-13-33/h4,6-11,16-17,22H,1-3,5,12-15,18H2,(H,37,38)/t22-/m0/s1. The normalized spacial score (nSPS) is 17.4. The van der Waals surface area contributed by atoms with Crippen LogP contribution in [0.2, 0.25) is 5.02 Å². The van der Waals surface area contributed by atoms with E-state index in [1.807, 2.05) is 30.3 Å². The molecule has 8 heteroatoms. The number of aromatic carboxylic acids is 1. The number of fused-ring (bicyclic) bond motifs is 1. The Hall–Kier alpha value is -3.29. The molecule has 1 aliphatic carbocycles. The number of nitrogens with zero attached hydrogens (tertiary/aromatic N) is 1. The molecule has 4 nitrogen and oxygen atoms in total. The molecule has 1 aliphatic heterocycles. The number of likely N-dealkylation sites (tertiary alicyclic amines) is 1. The Morgan fingerprint density at radius 3 is 2.59 bits per heavy atom. The van der Waals surface area contributed by atoms with Crippen molar-refractivity contribution in [2.24, 2.45) is 0 Å². The maximum Gasteiger partial charge on any atom is 0.339 e. The van der Waals surface area contributed by atoms with Gasteiger partial charge in [0.1, 0.15) is 29.1 Å². The molecule has 5 rings (SSSR count). The number of benzene rings is 3. The van der Waals surface area contributed by atoms with E-state index in [1.165, 1.54) is 12.1 Å². The maximum atomic E-state index is 15.8. The summed E-state index contributed by atoms with van der Waals surface area (Å²) in [6.45, 7) is 2.05. The minimum atomic E-state index is -1.45. The summed E-state index contributed by atoms with van der Waals surface area (Å²) in [6.07, 6.45) is 5.17. The molecule has 0 amide bonds. The highest BCUT2D eigenvalue weighted by Crippen LogP contribution is 2.39. The van der Waals surface area contributed by atoms with Crippen LogP contribution in [-0.4, -0.2) is 48.4 Å². The van der Waals surface area contributed by atoms with Gasteiger partial charge in [-0.25, -0.2) is 13.6 Å². The quantitative estimate of drug-likeness (QED) is 0.311. The van der Waals surface area contributed by atoms with E-state index in [2.05, 4.69) is 4.90 Å². The molecule has 3 aromatic carbocycles. The highest BCUT2D eigenvalue weighted by molar-refractivity contribution is 6.30. The van der Waals surface area contributed by atoms with E-state index in [0.717, 1.165) is 43.3 Å². The van der Waals surface area contributed by atoms with Crippen molar-refractivity contribution in [2.45, 2.75) is 38.2 Å². The molecule has 2 aliphatic rings. The first-order chi connectivity index (χ1) is 18.9. The summed E-state index contributed by atoms with van der Waals surface area (Å²) in [6, 6.07) is 13.0. The van der Waals surface area contributed by atoms with E-state index < -0.39 is 23.2 Å². The fraction of sp³-hybridized carbons (Fsp3) is 0.323. The molecule has 0 radical (unpaired) electrons. The van der Waals surface area contributed by atoms with Gasteiger partial charge in [-0.3, -0.25) is 9.29 Å². The summed E-state index contributed by atoms with van der Waals surface area (Å²) in [4.78, 5) is 14.3. The van der Waals surface area contributed by atoms with Gasteiger partial charge < -0.3 is 9.84 Å². The zero-order valence-corrected chi connectivity index (χ0v) is 22.1. The van der Waals surface area contributed by atoms with Crippen LogP contribution in [0, 0.1) is 11.6 Å². The number of allylic oxidation sites excluding steroid dienone is 1. The van der Waals surface area contributed by atoms with Crippen molar-refractivity contribution >= 4 is 23.1 Å². The zero-order valence-electron chi connectivity index (χ0n) is 21.4. The summed E-state index contributed by atoms with van der Waals surface area (Å²) in [5.74, 6) is -2.30. The van der Waals surface area contributed by atoms with Crippen LogP contribution < -0.4 is 4.74 Å². The molecule has 3 aromatic rings. The van der Waals surface area contributed by atoms with Crippen LogP contribution >= 0.6 is 11.6 Å². The topological polar surface area (TPSA) is 49.8 Å². The average Bonchev–Trinajstić information content (AvgIpc) is 3.24. The molecule has 0 unspecified atom stereocenters. The van der Waals surface area contributed by atoms with Crippen LogP contribution in [0.15, 0.2) is 54.6 Å². The van der Waals surface area contributed by atoms with Gasteiger partial charge in [0.15, 0.2) is 0 Å². The van der Waals surface area contributed by atoms with Crippen molar-refractivity contribution in [3.63, 3.8) is 0 Å². The van der Waals surface area contributed by atoms with Crippen molar-refractivity contribution in [3.05, 3.63) is 93.5 Å². The predicted molar refractivity (Wildman–Crippen MR) is 146 cm³/mol. The van der Waals surface area contributed by atoms with E-state index in [4.69, 9.17) is 16.3 Å². The number of halogens is 4. The summed E-state index contributed by atoms with van der Waals surface area (Å²) in [5, 5.41) is 10.0. The number of rotatable bonds is 8. The Morgan fingerprint density at radius 1 is 1.08 bits per heavy atom. The van der Waals surface area contributed by atoms with E-state index in [0.29, 0.717) is 42.6 Å². The first-order valence-corrected chi connectivity index (χ1v) is 13.5. The minimum Gasteiger partial charge on any atom is -0.489 e. The highest BCUT2D eigenvalue weighted by atomic mass is 35.5. The van der Waals surface area contributed by atoms with Gasteiger partial charge in [0, 0.05) is 35.8 Å². The second kappa shape index (κ2) is 11.8. The van der Waals surface area contributed by atoms with Crippen LogP contribution in [0.5, 0.6) is 5.75 Å². The molecule has 1 atom stereocenters. The molecule has 1 fully saturated rings. The molecular formula is C31H29ClF3NO3. The number of hydrogen-bond donors (Lipinski definition) is 1. The van der Waals surface area contributed by atoms with Gasteiger partial charge >= 0.3 is 5.97 Å². The van der Waals surface area contributed by atoms with Crippen molar-refractivity contribution in [1.82, 2.24) is 4.90 Å². The van der Waals surface area contributed by atoms with Crippen LogP contribution in [0.3, 0.4) is 0 Å². The van der Waals surface area contributed by atoms with Crippen LogP contribution in [-0.2, 0) is 6.42 Å². The summed E-state index contributed by atoms with van der Waals surface area (Å²) in [7, 11) is 0. The summed E-state index contributed by atoms with van der Waals surface area (Å²) >= 11 is 5.91.